The Balaban J connectivity index is 1.60. The number of nitrogens with one attached hydrogen (secondary N) is 2. The summed E-state index contributed by atoms with van der Waals surface area (Å²) >= 11 is 0. The molecule has 2 atom stereocenters. The predicted molar refractivity (Wildman–Crippen MR) is 128 cm³/mol. The second kappa shape index (κ2) is 13.2. The summed E-state index contributed by atoms with van der Waals surface area (Å²) in [6.45, 7) is 2.61. The van der Waals surface area contributed by atoms with E-state index in [0.717, 1.165) is 31.4 Å². The molecule has 0 aliphatic carbocycles. The molecule has 13 heteroatoms. The van der Waals surface area contributed by atoms with Gasteiger partial charge in [-0.15, -0.1) is 0 Å². The number of rotatable bonds is 12. The lowest BCUT2D eigenvalue weighted by atomic mass is 9.98. The zero-order chi connectivity index (χ0) is 26.9. The van der Waals surface area contributed by atoms with Gasteiger partial charge in [-0.05, 0) is 49.9 Å². The van der Waals surface area contributed by atoms with Gasteiger partial charge in [-0.25, -0.2) is 23.5 Å². The van der Waals surface area contributed by atoms with Crippen LogP contribution in [0, 0.1) is 0 Å². The lowest BCUT2D eigenvalue weighted by molar-refractivity contribution is -0.202. The molecule has 3 rings (SSSR count). The Bertz CT molecular complexity index is 962. The summed E-state index contributed by atoms with van der Waals surface area (Å²) in [5.74, 6) is -0.514. The van der Waals surface area contributed by atoms with Gasteiger partial charge in [0.15, 0.2) is 11.0 Å². The average molecular weight is 553 g/mol. The van der Waals surface area contributed by atoms with E-state index in [1.54, 1.807) is 0 Å². The number of benzene rings is 1. The number of alkyl halides is 3. The Labute approximate surface area is 215 Å². The summed E-state index contributed by atoms with van der Waals surface area (Å²) in [5.41, 5.74) is 1.51. The lowest BCUT2D eigenvalue weighted by Gasteiger charge is -2.35. The summed E-state index contributed by atoms with van der Waals surface area (Å²) in [6.07, 6.45) is -1.65. The van der Waals surface area contributed by atoms with Crippen LogP contribution < -0.4 is 14.9 Å². The van der Waals surface area contributed by atoms with Crippen LogP contribution in [0.5, 0.6) is 5.75 Å². The van der Waals surface area contributed by atoms with Crippen molar-refractivity contribution in [2.24, 2.45) is 0 Å². The molecular formula is C24H35F3N2O7S. The van der Waals surface area contributed by atoms with Gasteiger partial charge in [0.25, 0.3) is 5.91 Å². The van der Waals surface area contributed by atoms with E-state index in [1.165, 1.54) is 12.1 Å². The highest BCUT2D eigenvalue weighted by Gasteiger charge is 2.52. The maximum Gasteiger partial charge on any atom is 0.416 e. The second-order valence-corrected chi connectivity index (χ2v) is 11.3. The molecule has 2 fully saturated rings. The van der Waals surface area contributed by atoms with E-state index in [4.69, 9.17) is 19.0 Å². The van der Waals surface area contributed by atoms with E-state index in [2.05, 4.69) is 10.2 Å². The van der Waals surface area contributed by atoms with Crippen molar-refractivity contribution in [3.8, 4) is 5.75 Å². The monoisotopic (exact) mass is 552 g/mol. The quantitative estimate of drug-likeness (QED) is 0.381. The van der Waals surface area contributed by atoms with Crippen molar-refractivity contribution >= 4 is 15.9 Å². The van der Waals surface area contributed by atoms with Gasteiger partial charge in [0, 0.05) is 45.6 Å². The van der Waals surface area contributed by atoms with E-state index in [1.807, 2.05) is 6.92 Å². The highest BCUT2D eigenvalue weighted by atomic mass is 32.2. The Kier molecular flexibility index (Phi) is 10.6. The lowest BCUT2D eigenvalue weighted by Crippen LogP contribution is -2.59. The van der Waals surface area contributed by atoms with Crippen LogP contribution in [-0.4, -0.2) is 57.8 Å². The molecule has 0 saturated carbocycles. The first kappa shape index (κ1) is 29.6. The summed E-state index contributed by atoms with van der Waals surface area (Å²) in [7, 11) is -4.15. The maximum atomic E-state index is 13.4. The zero-order valence-electron chi connectivity index (χ0n) is 20.8. The van der Waals surface area contributed by atoms with Gasteiger partial charge in [0.1, 0.15) is 5.75 Å². The number of halogens is 3. The fourth-order valence-electron chi connectivity index (χ4n) is 4.33. The summed E-state index contributed by atoms with van der Waals surface area (Å²) in [6, 6.07) is 4.37. The molecule has 0 bridgehead atoms. The maximum absolute atomic E-state index is 13.4. The molecule has 210 valence electrons. The van der Waals surface area contributed by atoms with Gasteiger partial charge in [0.05, 0.1) is 11.7 Å². The van der Waals surface area contributed by atoms with Crippen molar-refractivity contribution in [1.82, 2.24) is 10.2 Å². The van der Waals surface area contributed by atoms with Crippen molar-refractivity contribution in [2.45, 2.75) is 81.6 Å². The molecule has 1 aromatic rings. The van der Waals surface area contributed by atoms with Gasteiger partial charge in [-0.2, -0.15) is 13.2 Å². The minimum atomic E-state index is -4.44. The van der Waals surface area contributed by atoms with Crippen LogP contribution in [0.25, 0.3) is 0 Å². The zero-order valence-corrected chi connectivity index (χ0v) is 21.7. The third-order valence-corrected chi connectivity index (χ3v) is 8.71. The number of hydroxylamine groups is 1. The standard InChI is InChI=1S/C24H35F3N2O7S/c1-2-5-19(35-20-9-7-18(8-10-20)24(25,26)27)11-14-28-37(31,32)23(12-16-33-17-13-23)22(30)29-36-21-6-3-4-15-34-21/h7-10,19,21,28H,2-6,11-17H2,1H3,(H,29,30). The van der Waals surface area contributed by atoms with Gasteiger partial charge in [-0.3, -0.25) is 4.79 Å². The van der Waals surface area contributed by atoms with Gasteiger partial charge in [-0.1, -0.05) is 13.3 Å². The molecular weight excluding hydrogens is 517 g/mol. The van der Waals surface area contributed by atoms with Crippen molar-refractivity contribution in [1.29, 1.82) is 0 Å². The van der Waals surface area contributed by atoms with Crippen molar-refractivity contribution < 1.29 is 45.4 Å². The van der Waals surface area contributed by atoms with E-state index in [-0.39, 0.29) is 44.8 Å². The molecule has 2 saturated heterocycles. The molecule has 2 unspecified atom stereocenters. The van der Waals surface area contributed by atoms with Crippen molar-refractivity contribution in [3.63, 3.8) is 0 Å². The number of carbonyl (C=O) groups excluding carboxylic acids is 1. The third kappa shape index (κ3) is 8.03. The molecule has 0 spiro atoms. The molecule has 2 heterocycles. The fraction of sp³-hybridized carbons (Fsp3) is 0.708. The molecule has 2 aliphatic rings. The van der Waals surface area contributed by atoms with Crippen LogP contribution in [0.2, 0.25) is 0 Å². The second-order valence-electron chi connectivity index (χ2n) is 9.19. The number of hydrogen-bond donors (Lipinski definition) is 2. The third-order valence-electron chi connectivity index (χ3n) is 6.50. The number of carbonyl (C=O) groups is 1. The predicted octanol–water partition coefficient (Wildman–Crippen LogP) is 3.69. The Morgan fingerprint density at radius 1 is 1.14 bits per heavy atom. The molecule has 1 amide bonds. The first-order valence-corrected chi connectivity index (χ1v) is 14.0. The van der Waals surface area contributed by atoms with E-state index < -0.39 is 44.8 Å². The van der Waals surface area contributed by atoms with Crippen LogP contribution in [0.4, 0.5) is 13.2 Å². The SMILES string of the molecule is CCCC(CCNS(=O)(=O)C1(C(=O)NOC2CCCCO2)CCOCC1)Oc1ccc(C(F)(F)F)cc1. The molecule has 9 nitrogen and oxygen atoms in total. The molecule has 2 N–H and O–H groups in total. The highest BCUT2D eigenvalue weighted by Crippen LogP contribution is 2.32. The van der Waals surface area contributed by atoms with Crippen LogP contribution in [0.3, 0.4) is 0 Å². The Morgan fingerprint density at radius 2 is 1.84 bits per heavy atom. The Morgan fingerprint density at radius 3 is 2.43 bits per heavy atom. The number of ether oxygens (including phenoxy) is 3. The number of amides is 1. The largest absolute Gasteiger partial charge is 0.490 e. The highest BCUT2D eigenvalue weighted by molar-refractivity contribution is 7.91. The number of hydrogen-bond acceptors (Lipinski definition) is 7. The van der Waals surface area contributed by atoms with Gasteiger partial charge >= 0.3 is 6.18 Å². The van der Waals surface area contributed by atoms with Crippen LogP contribution in [0.1, 0.15) is 63.9 Å². The van der Waals surface area contributed by atoms with E-state index in [9.17, 15) is 26.4 Å². The van der Waals surface area contributed by atoms with Crippen molar-refractivity contribution in [3.05, 3.63) is 29.8 Å². The van der Waals surface area contributed by atoms with Gasteiger partial charge < -0.3 is 14.2 Å². The Hall–Kier alpha value is -1.93. The minimum Gasteiger partial charge on any atom is -0.490 e. The van der Waals surface area contributed by atoms with E-state index in [0.29, 0.717) is 19.4 Å². The van der Waals surface area contributed by atoms with E-state index >= 15 is 0 Å². The first-order valence-electron chi connectivity index (χ1n) is 12.6. The van der Waals surface area contributed by atoms with Crippen LogP contribution in [-0.2, 0) is 35.3 Å². The minimum absolute atomic E-state index is 0.0177. The average Bonchev–Trinajstić information content (AvgIpc) is 2.88. The molecule has 0 radical (unpaired) electrons. The molecule has 2 aliphatic heterocycles. The summed E-state index contributed by atoms with van der Waals surface area (Å²) in [5, 5.41) is 0. The fourth-order valence-corrected chi connectivity index (χ4v) is 5.98. The molecule has 1 aromatic carbocycles. The van der Waals surface area contributed by atoms with Crippen LogP contribution >= 0.6 is 0 Å². The summed E-state index contributed by atoms with van der Waals surface area (Å²) < 4.78 is 82.5. The van der Waals surface area contributed by atoms with Gasteiger partial charge in [0.2, 0.25) is 10.0 Å². The molecule has 0 aromatic heterocycles. The number of sulfonamides is 1. The normalized spacial score (nSPS) is 21.2. The first-order chi connectivity index (χ1) is 17.6. The summed E-state index contributed by atoms with van der Waals surface area (Å²) in [4.78, 5) is 18.4. The molecule has 37 heavy (non-hydrogen) atoms. The van der Waals surface area contributed by atoms with Crippen molar-refractivity contribution in [2.75, 3.05) is 26.4 Å². The smallest absolute Gasteiger partial charge is 0.416 e. The topological polar surface area (TPSA) is 112 Å². The van der Waals surface area contributed by atoms with Crippen LogP contribution in [0.15, 0.2) is 24.3 Å².